The van der Waals surface area contributed by atoms with Gasteiger partial charge in [0.25, 0.3) is 0 Å². The number of carboxylic acids is 1. The zero-order chi connectivity index (χ0) is 23.1. The fourth-order valence-electron chi connectivity index (χ4n) is 3.09. The fourth-order valence-corrected chi connectivity index (χ4v) is 3.96. The van der Waals surface area contributed by atoms with Gasteiger partial charge in [-0.3, -0.25) is 0 Å². The predicted molar refractivity (Wildman–Crippen MR) is 120 cm³/mol. The maximum Gasteiger partial charge on any atom is 0.416 e. The van der Waals surface area contributed by atoms with Gasteiger partial charge in [-0.25, -0.2) is 4.79 Å². The van der Waals surface area contributed by atoms with Crippen LogP contribution in [0.1, 0.15) is 22.3 Å². The van der Waals surface area contributed by atoms with Gasteiger partial charge in [-0.2, -0.15) is 13.2 Å². The van der Waals surface area contributed by atoms with Crippen LogP contribution in [-0.4, -0.2) is 23.4 Å². The highest BCUT2D eigenvalue weighted by Crippen LogP contribution is 2.32. The molecule has 7 heteroatoms. The number of benzene rings is 3. The first-order chi connectivity index (χ1) is 15.2. The summed E-state index contributed by atoms with van der Waals surface area (Å²) in [5, 5.41) is 8.74. The molecule has 0 aliphatic heterocycles. The van der Waals surface area contributed by atoms with E-state index in [-0.39, 0.29) is 0 Å². The summed E-state index contributed by atoms with van der Waals surface area (Å²) in [6, 6.07) is 20.2. The normalized spacial score (nSPS) is 11.9. The molecule has 0 aromatic heterocycles. The van der Waals surface area contributed by atoms with Crippen molar-refractivity contribution in [3.63, 3.8) is 0 Å². The lowest BCUT2D eigenvalue weighted by molar-refractivity contribution is -0.139. The molecule has 3 aromatic rings. The van der Waals surface area contributed by atoms with Crippen molar-refractivity contribution >= 4 is 23.3 Å². The van der Waals surface area contributed by atoms with Crippen molar-refractivity contribution in [2.24, 2.45) is 0 Å². The Kier molecular flexibility index (Phi) is 7.64. The standard InChI is InChI=1S/C25H21F3O3S/c1-17-15-21(11-12-23(17)31-16-24(29)30)32-14-13-22(18-5-3-2-4-6-18)19-7-9-20(10-8-19)25(26,27)28/h2-13,15H,14,16H2,1H3,(H,29,30). The summed E-state index contributed by atoms with van der Waals surface area (Å²) in [5.41, 5.74) is 2.62. The number of aryl methyl sites for hydroxylation is 1. The summed E-state index contributed by atoms with van der Waals surface area (Å²) in [6.45, 7) is 1.44. The van der Waals surface area contributed by atoms with E-state index in [1.165, 1.54) is 12.1 Å². The monoisotopic (exact) mass is 458 g/mol. The molecule has 0 fully saturated rings. The van der Waals surface area contributed by atoms with Gasteiger partial charge >= 0.3 is 12.1 Å². The molecule has 0 unspecified atom stereocenters. The zero-order valence-corrected chi connectivity index (χ0v) is 18.0. The van der Waals surface area contributed by atoms with E-state index in [0.717, 1.165) is 33.7 Å². The number of ether oxygens (including phenoxy) is 1. The second kappa shape index (κ2) is 10.4. The van der Waals surface area contributed by atoms with E-state index >= 15 is 0 Å². The highest BCUT2D eigenvalue weighted by atomic mass is 32.2. The minimum Gasteiger partial charge on any atom is -0.482 e. The van der Waals surface area contributed by atoms with Crippen molar-refractivity contribution in [2.75, 3.05) is 12.4 Å². The van der Waals surface area contributed by atoms with Crippen LogP contribution in [0, 0.1) is 6.92 Å². The van der Waals surface area contributed by atoms with Crippen LogP contribution >= 0.6 is 11.8 Å². The largest absolute Gasteiger partial charge is 0.482 e. The molecule has 1 N–H and O–H groups in total. The Hall–Kier alpha value is -3.19. The summed E-state index contributed by atoms with van der Waals surface area (Å²) < 4.78 is 44.0. The molecule has 0 amide bonds. The molecule has 0 radical (unpaired) electrons. The van der Waals surface area contributed by atoms with Crippen LogP contribution in [0.25, 0.3) is 5.57 Å². The second-order valence-corrected chi connectivity index (χ2v) is 8.07. The Morgan fingerprint density at radius 2 is 1.66 bits per heavy atom. The van der Waals surface area contributed by atoms with Crippen molar-refractivity contribution in [3.8, 4) is 5.75 Å². The third kappa shape index (κ3) is 6.40. The van der Waals surface area contributed by atoms with E-state index in [0.29, 0.717) is 17.1 Å². The lowest BCUT2D eigenvalue weighted by Gasteiger charge is -2.12. The highest BCUT2D eigenvalue weighted by molar-refractivity contribution is 7.99. The van der Waals surface area contributed by atoms with Crippen molar-refractivity contribution in [2.45, 2.75) is 18.0 Å². The average Bonchev–Trinajstić information content (AvgIpc) is 2.76. The molecule has 0 spiro atoms. The quantitative estimate of drug-likeness (QED) is 0.382. The van der Waals surface area contributed by atoms with Crippen molar-refractivity contribution in [1.82, 2.24) is 0 Å². The lowest BCUT2D eigenvalue weighted by Crippen LogP contribution is -2.09. The molecular weight excluding hydrogens is 437 g/mol. The van der Waals surface area contributed by atoms with Gasteiger partial charge in [0, 0.05) is 10.6 Å². The third-order valence-electron chi connectivity index (χ3n) is 4.64. The van der Waals surface area contributed by atoms with Gasteiger partial charge in [0.05, 0.1) is 5.56 Å². The Morgan fingerprint density at radius 3 is 2.25 bits per heavy atom. The summed E-state index contributed by atoms with van der Waals surface area (Å²) in [7, 11) is 0. The number of thioether (sulfide) groups is 1. The highest BCUT2D eigenvalue weighted by Gasteiger charge is 2.30. The molecule has 0 bridgehead atoms. The maximum absolute atomic E-state index is 12.9. The van der Waals surface area contributed by atoms with Gasteiger partial charge in [0.1, 0.15) is 5.75 Å². The first kappa shape index (κ1) is 23.5. The van der Waals surface area contributed by atoms with E-state index in [9.17, 15) is 18.0 Å². The SMILES string of the molecule is Cc1cc(SCC=C(c2ccccc2)c2ccc(C(F)(F)F)cc2)ccc1OCC(=O)O. The third-order valence-corrected chi connectivity index (χ3v) is 5.56. The second-order valence-electron chi connectivity index (χ2n) is 6.98. The van der Waals surface area contributed by atoms with Crippen molar-refractivity contribution in [1.29, 1.82) is 0 Å². The number of alkyl halides is 3. The van der Waals surface area contributed by atoms with Crippen LogP contribution in [0.4, 0.5) is 13.2 Å². The summed E-state index contributed by atoms with van der Waals surface area (Å²) in [4.78, 5) is 11.6. The average molecular weight is 459 g/mol. The lowest BCUT2D eigenvalue weighted by atomic mass is 9.97. The van der Waals surface area contributed by atoms with Crippen LogP contribution in [0.15, 0.2) is 83.8 Å². The molecule has 0 saturated carbocycles. The van der Waals surface area contributed by atoms with E-state index in [1.807, 2.05) is 55.5 Å². The maximum atomic E-state index is 12.9. The topological polar surface area (TPSA) is 46.5 Å². The van der Waals surface area contributed by atoms with Gasteiger partial charge in [-0.1, -0.05) is 48.5 Å². The Morgan fingerprint density at radius 1 is 1.00 bits per heavy atom. The molecule has 32 heavy (non-hydrogen) atoms. The number of hydrogen-bond donors (Lipinski definition) is 1. The Labute approximate surface area is 188 Å². The van der Waals surface area contributed by atoms with Crippen LogP contribution in [0.2, 0.25) is 0 Å². The summed E-state index contributed by atoms with van der Waals surface area (Å²) in [5.74, 6) is 0.0757. The minimum atomic E-state index is -4.37. The predicted octanol–water partition coefficient (Wildman–Crippen LogP) is 6.70. The molecule has 0 heterocycles. The van der Waals surface area contributed by atoms with Crippen LogP contribution in [0.3, 0.4) is 0 Å². The number of carbonyl (C=O) groups is 1. The Balaban J connectivity index is 1.79. The van der Waals surface area contributed by atoms with Crippen LogP contribution in [-0.2, 0) is 11.0 Å². The van der Waals surface area contributed by atoms with E-state index in [4.69, 9.17) is 9.84 Å². The molecule has 3 rings (SSSR count). The van der Waals surface area contributed by atoms with Crippen molar-refractivity contribution in [3.05, 3.63) is 101 Å². The van der Waals surface area contributed by atoms with Gasteiger partial charge in [0.2, 0.25) is 0 Å². The minimum absolute atomic E-state index is 0.399. The summed E-state index contributed by atoms with van der Waals surface area (Å²) in [6.07, 6.45) is -2.38. The molecular formula is C25H21F3O3S. The van der Waals surface area contributed by atoms with Gasteiger partial charge < -0.3 is 9.84 Å². The van der Waals surface area contributed by atoms with E-state index in [1.54, 1.807) is 17.8 Å². The number of rotatable bonds is 8. The smallest absolute Gasteiger partial charge is 0.416 e. The van der Waals surface area contributed by atoms with E-state index in [2.05, 4.69) is 0 Å². The number of carboxylic acid groups (broad SMARTS) is 1. The number of hydrogen-bond acceptors (Lipinski definition) is 3. The molecule has 3 aromatic carbocycles. The first-order valence-corrected chi connectivity index (χ1v) is 10.7. The van der Waals surface area contributed by atoms with Gasteiger partial charge in [0.15, 0.2) is 6.61 Å². The molecule has 166 valence electrons. The summed E-state index contributed by atoms with van der Waals surface area (Å²) >= 11 is 1.56. The first-order valence-electron chi connectivity index (χ1n) is 9.75. The zero-order valence-electron chi connectivity index (χ0n) is 17.2. The molecule has 0 saturated heterocycles. The van der Waals surface area contributed by atoms with Crippen LogP contribution in [0.5, 0.6) is 5.75 Å². The molecule has 0 aliphatic rings. The number of aliphatic carboxylic acids is 1. The van der Waals surface area contributed by atoms with Gasteiger partial charge in [-0.05, 0) is 59.5 Å². The molecule has 0 aliphatic carbocycles. The van der Waals surface area contributed by atoms with Crippen LogP contribution < -0.4 is 4.74 Å². The van der Waals surface area contributed by atoms with Gasteiger partial charge in [-0.15, -0.1) is 11.8 Å². The molecule has 0 atom stereocenters. The fraction of sp³-hybridized carbons (Fsp3) is 0.160. The van der Waals surface area contributed by atoms with E-state index < -0.39 is 24.3 Å². The van der Waals surface area contributed by atoms with Crippen molar-refractivity contribution < 1.29 is 27.8 Å². The number of halogens is 3. The molecule has 3 nitrogen and oxygen atoms in total. The Bertz CT molecular complexity index is 1090.